The van der Waals surface area contributed by atoms with Gasteiger partial charge in [-0.25, -0.2) is 0 Å². The maximum Gasteiger partial charge on any atom is 0.234 e. The van der Waals surface area contributed by atoms with Crippen LogP contribution in [0.15, 0.2) is 0 Å². The van der Waals surface area contributed by atoms with Gasteiger partial charge in [-0.15, -0.1) is 12.4 Å². The van der Waals surface area contributed by atoms with Crippen LogP contribution in [0.25, 0.3) is 0 Å². The Morgan fingerprint density at radius 3 is 2.50 bits per heavy atom. The fourth-order valence-electron chi connectivity index (χ4n) is 3.24. The lowest BCUT2D eigenvalue weighted by molar-refractivity contribution is -0.123. The Hall–Kier alpha value is -0.360. The number of ether oxygens (including phenoxy) is 1. The van der Waals surface area contributed by atoms with Crippen LogP contribution in [0, 0.1) is 5.92 Å². The van der Waals surface area contributed by atoms with Crippen LogP contribution < -0.4 is 10.6 Å². The van der Waals surface area contributed by atoms with Crippen molar-refractivity contribution >= 4 is 18.3 Å². The first-order chi connectivity index (χ1) is 10.3. The van der Waals surface area contributed by atoms with E-state index in [2.05, 4.69) is 15.5 Å². The molecule has 3 rings (SSSR count). The molecule has 2 aliphatic heterocycles. The van der Waals surface area contributed by atoms with Gasteiger partial charge in [-0.2, -0.15) is 0 Å². The van der Waals surface area contributed by atoms with Gasteiger partial charge < -0.3 is 15.4 Å². The van der Waals surface area contributed by atoms with Crippen molar-refractivity contribution in [1.82, 2.24) is 15.5 Å². The summed E-state index contributed by atoms with van der Waals surface area (Å²) < 4.78 is 5.52. The van der Waals surface area contributed by atoms with Crippen LogP contribution in [0.5, 0.6) is 0 Å². The Labute approximate surface area is 139 Å². The quantitative estimate of drug-likeness (QED) is 0.735. The predicted octanol–water partition coefficient (Wildman–Crippen LogP) is 1.17. The van der Waals surface area contributed by atoms with Crippen molar-refractivity contribution in [1.29, 1.82) is 0 Å². The predicted molar refractivity (Wildman–Crippen MR) is 89.4 cm³/mol. The Morgan fingerprint density at radius 1 is 1.09 bits per heavy atom. The first-order valence-electron chi connectivity index (χ1n) is 8.63. The van der Waals surface area contributed by atoms with E-state index in [0.29, 0.717) is 19.1 Å². The van der Waals surface area contributed by atoms with Crippen molar-refractivity contribution in [3.05, 3.63) is 0 Å². The van der Waals surface area contributed by atoms with Gasteiger partial charge in [-0.05, 0) is 51.0 Å². The molecule has 1 amide bonds. The van der Waals surface area contributed by atoms with Gasteiger partial charge in [0, 0.05) is 32.3 Å². The van der Waals surface area contributed by atoms with E-state index in [9.17, 15) is 4.79 Å². The number of carbonyl (C=O) groups is 1. The Bertz CT molecular complexity index is 338. The summed E-state index contributed by atoms with van der Waals surface area (Å²) in [6, 6.07) is 0.664. The number of hydrogen-bond acceptors (Lipinski definition) is 4. The number of carbonyl (C=O) groups excluding carboxylic acids is 1. The number of nitrogens with one attached hydrogen (secondary N) is 2. The highest BCUT2D eigenvalue weighted by Gasteiger charge is 2.25. The van der Waals surface area contributed by atoms with E-state index < -0.39 is 0 Å². The maximum atomic E-state index is 11.9. The molecule has 6 heteroatoms. The molecule has 0 bridgehead atoms. The molecule has 3 aliphatic rings. The van der Waals surface area contributed by atoms with Gasteiger partial charge in [0.1, 0.15) is 0 Å². The fraction of sp³-hybridized carbons (Fsp3) is 0.938. The summed E-state index contributed by atoms with van der Waals surface area (Å²) in [5, 5.41) is 6.69. The molecule has 22 heavy (non-hydrogen) atoms. The van der Waals surface area contributed by atoms with Crippen molar-refractivity contribution in [2.75, 3.05) is 39.3 Å². The SMILES string of the molecule is Cl.O=C(CN1CCC(NCC2CC2)CC1)NCC1CCCO1. The van der Waals surface area contributed by atoms with E-state index in [0.717, 1.165) is 38.5 Å². The molecule has 2 N–H and O–H groups in total. The lowest BCUT2D eigenvalue weighted by Gasteiger charge is -2.32. The Kier molecular flexibility index (Phi) is 7.41. The molecule has 0 aromatic heterocycles. The highest BCUT2D eigenvalue weighted by Crippen LogP contribution is 2.28. The zero-order valence-corrected chi connectivity index (χ0v) is 14.2. The average Bonchev–Trinajstić information content (AvgIpc) is 3.18. The van der Waals surface area contributed by atoms with E-state index >= 15 is 0 Å². The third-order valence-corrected chi connectivity index (χ3v) is 4.90. The summed E-state index contributed by atoms with van der Waals surface area (Å²) in [5.74, 6) is 1.10. The van der Waals surface area contributed by atoms with Gasteiger partial charge >= 0.3 is 0 Å². The van der Waals surface area contributed by atoms with Crippen molar-refractivity contribution in [2.24, 2.45) is 5.92 Å². The van der Waals surface area contributed by atoms with Crippen LogP contribution in [0.1, 0.15) is 38.5 Å². The fourth-order valence-corrected chi connectivity index (χ4v) is 3.24. The molecule has 1 saturated carbocycles. The number of piperidine rings is 1. The van der Waals surface area contributed by atoms with E-state index in [-0.39, 0.29) is 24.4 Å². The van der Waals surface area contributed by atoms with Crippen LogP contribution in [-0.4, -0.2) is 62.3 Å². The van der Waals surface area contributed by atoms with Crippen LogP contribution in [0.4, 0.5) is 0 Å². The van der Waals surface area contributed by atoms with E-state index in [1.54, 1.807) is 0 Å². The average molecular weight is 332 g/mol. The van der Waals surface area contributed by atoms with Crippen LogP contribution >= 0.6 is 12.4 Å². The van der Waals surface area contributed by atoms with Crippen LogP contribution in [0.3, 0.4) is 0 Å². The van der Waals surface area contributed by atoms with Crippen molar-refractivity contribution in [3.63, 3.8) is 0 Å². The van der Waals surface area contributed by atoms with E-state index in [1.807, 2.05) is 0 Å². The summed E-state index contributed by atoms with van der Waals surface area (Å²) in [6.07, 6.45) is 7.62. The molecule has 0 spiro atoms. The first-order valence-corrected chi connectivity index (χ1v) is 8.63. The van der Waals surface area contributed by atoms with Gasteiger partial charge in [-0.3, -0.25) is 9.69 Å². The summed E-state index contributed by atoms with van der Waals surface area (Å²) in [6.45, 7) is 5.35. The lowest BCUT2D eigenvalue weighted by Crippen LogP contribution is -2.47. The minimum absolute atomic E-state index is 0. The zero-order chi connectivity index (χ0) is 14.5. The molecule has 128 valence electrons. The van der Waals surface area contributed by atoms with Crippen molar-refractivity contribution in [2.45, 2.75) is 50.7 Å². The molecule has 0 radical (unpaired) electrons. The molecular weight excluding hydrogens is 302 g/mol. The minimum Gasteiger partial charge on any atom is -0.376 e. The number of halogens is 1. The highest BCUT2D eigenvalue weighted by atomic mass is 35.5. The molecule has 5 nitrogen and oxygen atoms in total. The van der Waals surface area contributed by atoms with Gasteiger partial charge in [0.15, 0.2) is 0 Å². The molecule has 2 saturated heterocycles. The van der Waals surface area contributed by atoms with Gasteiger partial charge in [0.25, 0.3) is 0 Å². The standard InChI is InChI=1S/C16H29N3O2.ClH/c20-16(18-11-15-2-1-9-21-15)12-19-7-5-14(6-8-19)17-10-13-3-4-13;/h13-15,17H,1-12H2,(H,18,20);1H. The number of hydrogen-bond donors (Lipinski definition) is 2. The summed E-state index contributed by atoms with van der Waals surface area (Å²) in [4.78, 5) is 14.2. The Balaban J connectivity index is 0.00000176. The summed E-state index contributed by atoms with van der Waals surface area (Å²) in [5.41, 5.74) is 0. The topological polar surface area (TPSA) is 53.6 Å². The normalized spacial score (nSPS) is 26.6. The number of rotatable bonds is 7. The Morgan fingerprint density at radius 2 is 1.86 bits per heavy atom. The van der Waals surface area contributed by atoms with Crippen molar-refractivity contribution < 1.29 is 9.53 Å². The number of amides is 1. The van der Waals surface area contributed by atoms with Gasteiger partial charge in [-0.1, -0.05) is 0 Å². The number of nitrogens with zero attached hydrogens (tertiary/aromatic N) is 1. The third kappa shape index (κ3) is 6.03. The minimum atomic E-state index is 0. The lowest BCUT2D eigenvalue weighted by atomic mass is 10.0. The molecule has 1 unspecified atom stereocenters. The molecule has 1 aliphatic carbocycles. The molecular formula is C16H30ClN3O2. The van der Waals surface area contributed by atoms with Crippen LogP contribution in [-0.2, 0) is 9.53 Å². The molecule has 0 aromatic rings. The van der Waals surface area contributed by atoms with E-state index in [4.69, 9.17) is 4.74 Å². The first kappa shape index (κ1) is 18.0. The smallest absolute Gasteiger partial charge is 0.234 e. The summed E-state index contributed by atoms with van der Waals surface area (Å²) >= 11 is 0. The third-order valence-electron chi connectivity index (χ3n) is 4.90. The molecule has 0 aromatic carbocycles. The molecule has 2 heterocycles. The monoisotopic (exact) mass is 331 g/mol. The largest absolute Gasteiger partial charge is 0.376 e. The second-order valence-electron chi connectivity index (χ2n) is 6.84. The molecule has 1 atom stereocenters. The molecule has 3 fully saturated rings. The van der Waals surface area contributed by atoms with Gasteiger partial charge in [0.2, 0.25) is 5.91 Å². The van der Waals surface area contributed by atoms with Gasteiger partial charge in [0.05, 0.1) is 12.6 Å². The van der Waals surface area contributed by atoms with Crippen LogP contribution in [0.2, 0.25) is 0 Å². The zero-order valence-electron chi connectivity index (χ0n) is 13.4. The maximum absolute atomic E-state index is 11.9. The van der Waals surface area contributed by atoms with Crippen molar-refractivity contribution in [3.8, 4) is 0 Å². The second-order valence-corrected chi connectivity index (χ2v) is 6.84. The summed E-state index contributed by atoms with van der Waals surface area (Å²) in [7, 11) is 0. The second kappa shape index (κ2) is 9.06. The van der Waals surface area contributed by atoms with E-state index in [1.165, 1.54) is 32.2 Å². The highest BCUT2D eigenvalue weighted by molar-refractivity contribution is 5.85. The number of likely N-dealkylation sites (tertiary alicyclic amines) is 1.